The molecule has 0 aliphatic carbocycles. The summed E-state index contributed by atoms with van der Waals surface area (Å²) in [6.45, 7) is 2.09. The monoisotopic (exact) mass is 455 g/mol. The highest BCUT2D eigenvalue weighted by atomic mass is 16.2. The lowest BCUT2D eigenvalue weighted by Crippen LogP contribution is -2.17. The maximum Gasteiger partial charge on any atom is 0.271 e. The topological polar surface area (TPSA) is 46.4 Å². The number of carbonyl (C=O) groups excluding carboxylic acids is 1. The zero-order chi connectivity index (χ0) is 24.0. The van der Waals surface area contributed by atoms with Gasteiger partial charge in [0, 0.05) is 16.8 Å². The largest absolute Gasteiger partial charge is 0.309 e. The maximum atomic E-state index is 12.5. The Morgan fingerprint density at radius 1 is 0.743 bits per heavy atom. The lowest BCUT2D eigenvalue weighted by molar-refractivity contribution is 0.0955. The van der Waals surface area contributed by atoms with E-state index < -0.39 is 0 Å². The van der Waals surface area contributed by atoms with E-state index in [1.54, 1.807) is 18.3 Å². The number of aromatic nitrogens is 1. The summed E-state index contributed by atoms with van der Waals surface area (Å²) in [4.78, 5) is 12.5. The number of carbonyl (C=O) groups is 1. The summed E-state index contributed by atoms with van der Waals surface area (Å²) in [5, 5.41) is 4.32. The second-order valence-electron chi connectivity index (χ2n) is 8.30. The van der Waals surface area contributed by atoms with Gasteiger partial charge in [0.15, 0.2) is 0 Å². The number of amides is 1. The van der Waals surface area contributed by atoms with Crippen molar-refractivity contribution in [3.05, 3.63) is 138 Å². The van der Waals surface area contributed by atoms with Crippen LogP contribution in [-0.2, 0) is 0 Å². The molecule has 0 aliphatic heterocycles. The first-order valence-corrected chi connectivity index (χ1v) is 11.5. The zero-order valence-electron chi connectivity index (χ0n) is 19.4. The van der Waals surface area contributed by atoms with Gasteiger partial charge in [-0.25, -0.2) is 5.43 Å². The van der Waals surface area contributed by atoms with Gasteiger partial charge in [0.1, 0.15) is 0 Å². The third kappa shape index (κ3) is 4.82. The van der Waals surface area contributed by atoms with E-state index in [2.05, 4.69) is 76.6 Å². The molecule has 0 bridgehead atoms. The van der Waals surface area contributed by atoms with Gasteiger partial charge in [-0.15, -0.1) is 0 Å². The molecule has 0 unspecified atom stereocenters. The first-order valence-electron chi connectivity index (χ1n) is 11.5. The van der Waals surface area contributed by atoms with Gasteiger partial charge in [0.2, 0.25) is 0 Å². The summed E-state index contributed by atoms with van der Waals surface area (Å²) in [5.74, 6) is -0.246. The SMILES string of the molecule is Cc1ccc(-n2c(-c3ccccc3)cc(/C=N\NC(=O)c3ccccc3)c2-c2ccccc2)cc1. The summed E-state index contributed by atoms with van der Waals surface area (Å²) in [6, 6.07) is 40.3. The van der Waals surface area contributed by atoms with E-state index in [4.69, 9.17) is 0 Å². The fourth-order valence-corrected chi connectivity index (χ4v) is 4.12. The number of nitrogens with one attached hydrogen (secondary N) is 1. The maximum absolute atomic E-state index is 12.5. The van der Waals surface area contributed by atoms with Crippen LogP contribution in [0.4, 0.5) is 0 Å². The molecule has 4 nitrogen and oxygen atoms in total. The van der Waals surface area contributed by atoms with Crippen LogP contribution in [0.3, 0.4) is 0 Å². The third-order valence-electron chi connectivity index (χ3n) is 5.84. The van der Waals surface area contributed by atoms with Crippen molar-refractivity contribution in [2.75, 3.05) is 0 Å². The van der Waals surface area contributed by atoms with Crippen LogP contribution < -0.4 is 5.43 Å². The minimum Gasteiger partial charge on any atom is -0.309 e. The Hall–Kier alpha value is -4.70. The molecule has 0 fully saturated rings. The molecule has 0 aliphatic rings. The normalized spacial score (nSPS) is 11.0. The van der Waals surface area contributed by atoms with Gasteiger partial charge >= 0.3 is 0 Å². The number of hydrazone groups is 1. The standard InChI is InChI=1S/C31H25N3O/c1-23-17-19-28(20-18-23)34-29(24-11-5-2-6-12-24)21-27(30(34)25-13-7-3-8-14-25)22-32-33-31(35)26-15-9-4-10-16-26/h2-22H,1H3,(H,33,35)/b32-22-. The molecular weight excluding hydrogens is 430 g/mol. The van der Waals surface area contributed by atoms with Crippen LogP contribution in [0.25, 0.3) is 28.2 Å². The fourth-order valence-electron chi connectivity index (χ4n) is 4.12. The molecule has 170 valence electrons. The van der Waals surface area contributed by atoms with Gasteiger partial charge in [0.05, 0.1) is 17.6 Å². The van der Waals surface area contributed by atoms with Gasteiger partial charge in [-0.3, -0.25) is 4.79 Å². The van der Waals surface area contributed by atoms with Crippen LogP contribution in [0.5, 0.6) is 0 Å². The van der Waals surface area contributed by atoms with E-state index in [1.165, 1.54) is 5.56 Å². The molecule has 1 amide bonds. The molecule has 5 aromatic rings. The first-order chi connectivity index (χ1) is 17.2. The number of rotatable bonds is 6. The molecule has 4 aromatic carbocycles. The van der Waals surface area contributed by atoms with Crippen molar-refractivity contribution in [2.24, 2.45) is 5.10 Å². The van der Waals surface area contributed by atoms with Crippen molar-refractivity contribution in [1.82, 2.24) is 9.99 Å². The Labute approximate surface area is 205 Å². The third-order valence-corrected chi connectivity index (χ3v) is 5.84. The first kappa shape index (κ1) is 22.1. The molecule has 35 heavy (non-hydrogen) atoms. The van der Waals surface area contributed by atoms with Crippen LogP contribution in [0.2, 0.25) is 0 Å². The summed E-state index contributed by atoms with van der Waals surface area (Å²) in [5.41, 5.74) is 10.6. The summed E-state index contributed by atoms with van der Waals surface area (Å²) >= 11 is 0. The molecule has 0 saturated carbocycles. The van der Waals surface area contributed by atoms with Crippen LogP contribution in [0.15, 0.2) is 126 Å². The highest BCUT2D eigenvalue weighted by Gasteiger charge is 2.18. The highest BCUT2D eigenvalue weighted by molar-refractivity contribution is 5.97. The molecule has 0 saturated heterocycles. The lowest BCUT2D eigenvalue weighted by atomic mass is 10.1. The quantitative estimate of drug-likeness (QED) is 0.220. The van der Waals surface area contributed by atoms with E-state index in [1.807, 2.05) is 54.6 Å². The smallest absolute Gasteiger partial charge is 0.271 e. The van der Waals surface area contributed by atoms with Crippen LogP contribution in [-0.4, -0.2) is 16.7 Å². The number of hydrogen-bond donors (Lipinski definition) is 1. The van der Waals surface area contributed by atoms with Gasteiger partial charge in [-0.05, 0) is 48.4 Å². The Morgan fingerprint density at radius 3 is 1.94 bits per heavy atom. The van der Waals surface area contributed by atoms with Crippen molar-refractivity contribution < 1.29 is 4.79 Å². The molecular formula is C31H25N3O. The minimum absolute atomic E-state index is 0.246. The van der Waals surface area contributed by atoms with Gasteiger partial charge in [0.25, 0.3) is 5.91 Å². The molecule has 0 spiro atoms. The Morgan fingerprint density at radius 2 is 1.31 bits per heavy atom. The number of aryl methyl sites for hydroxylation is 1. The van der Waals surface area contributed by atoms with Crippen molar-refractivity contribution in [1.29, 1.82) is 0 Å². The van der Waals surface area contributed by atoms with Gasteiger partial charge < -0.3 is 4.57 Å². The van der Waals surface area contributed by atoms with Crippen molar-refractivity contribution >= 4 is 12.1 Å². The molecule has 1 aromatic heterocycles. The van der Waals surface area contributed by atoms with Crippen molar-refractivity contribution in [3.63, 3.8) is 0 Å². The van der Waals surface area contributed by atoms with Crippen molar-refractivity contribution in [2.45, 2.75) is 6.92 Å². The predicted octanol–water partition coefficient (Wildman–Crippen LogP) is 6.88. The summed E-state index contributed by atoms with van der Waals surface area (Å²) in [6.07, 6.45) is 1.72. The van der Waals surface area contributed by atoms with E-state index in [0.29, 0.717) is 5.56 Å². The minimum atomic E-state index is -0.246. The molecule has 1 N–H and O–H groups in total. The second kappa shape index (κ2) is 10.1. The van der Waals surface area contributed by atoms with E-state index in [9.17, 15) is 4.79 Å². The predicted molar refractivity (Wildman–Crippen MR) is 143 cm³/mol. The number of hydrogen-bond acceptors (Lipinski definition) is 2. The Balaban J connectivity index is 1.65. The molecule has 1 heterocycles. The molecule has 0 radical (unpaired) electrons. The molecule has 4 heteroatoms. The zero-order valence-corrected chi connectivity index (χ0v) is 19.4. The molecule has 0 atom stereocenters. The summed E-state index contributed by atoms with van der Waals surface area (Å²) in [7, 11) is 0. The summed E-state index contributed by atoms with van der Waals surface area (Å²) < 4.78 is 2.25. The number of benzene rings is 4. The van der Waals surface area contributed by atoms with Crippen LogP contribution in [0.1, 0.15) is 21.5 Å². The van der Waals surface area contributed by atoms with Crippen LogP contribution in [0, 0.1) is 6.92 Å². The van der Waals surface area contributed by atoms with Gasteiger partial charge in [-0.1, -0.05) is 96.6 Å². The fraction of sp³-hybridized carbons (Fsp3) is 0.0323. The van der Waals surface area contributed by atoms with Crippen LogP contribution >= 0.6 is 0 Å². The van der Waals surface area contributed by atoms with E-state index in [-0.39, 0.29) is 5.91 Å². The number of nitrogens with zero attached hydrogens (tertiary/aromatic N) is 2. The average molecular weight is 456 g/mol. The Kier molecular flexibility index (Phi) is 6.35. The van der Waals surface area contributed by atoms with Crippen molar-refractivity contribution in [3.8, 4) is 28.2 Å². The average Bonchev–Trinajstić information content (AvgIpc) is 3.30. The van der Waals surface area contributed by atoms with Gasteiger partial charge in [-0.2, -0.15) is 5.10 Å². The molecule has 5 rings (SSSR count). The van der Waals surface area contributed by atoms with E-state index >= 15 is 0 Å². The lowest BCUT2D eigenvalue weighted by Gasteiger charge is -2.15. The highest BCUT2D eigenvalue weighted by Crippen LogP contribution is 2.35. The Bertz CT molecular complexity index is 1450. The van der Waals surface area contributed by atoms with E-state index in [0.717, 1.165) is 33.8 Å². The second-order valence-corrected chi connectivity index (χ2v) is 8.30.